The highest BCUT2D eigenvalue weighted by Crippen LogP contribution is 2.69. The molecule has 2 aliphatic heterocycles. The van der Waals surface area contributed by atoms with Crippen molar-refractivity contribution in [2.75, 3.05) is 6.61 Å². The van der Waals surface area contributed by atoms with E-state index in [1.165, 1.54) is 5.57 Å². The molecule has 4 heteroatoms. The van der Waals surface area contributed by atoms with Crippen LogP contribution in [-0.4, -0.2) is 30.1 Å². The summed E-state index contributed by atoms with van der Waals surface area (Å²) >= 11 is 0. The third-order valence-electron chi connectivity index (χ3n) is 10.7. The summed E-state index contributed by atoms with van der Waals surface area (Å²) in [5.74, 6) is 2.34. The van der Waals surface area contributed by atoms with Crippen LogP contribution in [0.5, 0.6) is 0 Å². The first-order chi connectivity index (χ1) is 14.7. The Hall–Kier alpha value is -1.26. The molecule has 6 rings (SSSR count). The fraction of sp³-hybridized carbons (Fsp3) is 0.778. The van der Waals surface area contributed by atoms with Gasteiger partial charge in [-0.05, 0) is 61.5 Å². The van der Waals surface area contributed by atoms with Gasteiger partial charge in [0.05, 0.1) is 12.7 Å². The molecule has 4 aliphatic carbocycles. The summed E-state index contributed by atoms with van der Waals surface area (Å²) in [5, 5.41) is 0. The normalized spacial score (nSPS) is 55.5. The molecule has 0 aromatic heterocycles. The van der Waals surface area contributed by atoms with Crippen LogP contribution in [0.2, 0.25) is 0 Å². The van der Waals surface area contributed by atoms with Crippen LogP contribution in [0.3, 0.4) is 0 Å². The van der Waals surface area contributed by atoms with Crippen molar-refractivity contribution < 1.29 is 19.1 Å². The van der Waals surface area contributed by atoms with Crippen molar-refractivity contribution in [2.24, 2.45) is 46.3 Å². The first-order valence-corrected chi connectivity index (χ1v) is 12.5. The van der Waals surface area contributed by atoms with E-state index in [-0.39, 0.29) is 34.6 Å². The first kappa shape index (κ1) is 20.4. The molecule has 168 valence electrons. The van der Waals surface area contributed by atoms with E-state index in [4.69, 9.17) is 9.47 Å². The summed E-state index contributed by atoms with van der Waals surface area (Å²) < 4.78 is 13.1. The summed E-state index contributed by atoms with van der Waals surface area (Å²) in [6.07, 6.45) is 11.6. The van der Waals surface area contributed by atoms with Crippen molar-refractivity contribution >= 4 is 11.6 Å². The second-order valence-electron chi connectivity index (χ2n) is 12.0. The second-order valence-corrected chi connectivity index (χ2v) is 12.0. The molecule has 1 spiro atoms. The monoisotopic (exact) mass is 424 g/mol. The standard InChI is InChI=1S/C27H36O4/c1-15-7-10-27(30-14-15)16(2)24-22(31-27)12-21-19-6-5-17-11-18(28)8-9-25(17,3)20(19)13-23(29)26(21,24)4/h8-9,11,15-16,19-22,24H,5-7,10,12-14H2,1-4H3/t15-,16+,19-,20+,21+,22+,24+,25+,26-,27-/m1/s1. The predicted octanol–water partition coefficient (Wildman–Crippen LogP) is 4.88. The van der Waals surface area contributed by atoms with E-state index < -0.39 is 5.79 Å². The molecule has 0 N–H and O–H groups in total. The fourth-order valence-corrected chi connectivity index (χ4v) is 8.90. The fourth-order valence-electron chi connectivity index (χ4n) is 8.90. The Kier molecular flexibility index (Phi) is 4.21. The van der Waals surface area contributed by atoms with Gasteiger partial charge in [0.15, 0.2) is 11.6 Å². The maximum Gasteiger partial charge on any atom is 0.178 e. The SMILES string of the molecule is C[C@@H]1CC[C@@]2(OC1)O[C@H]1C[C@H]3[C@@H]4CCC5=CC(=O)C=C[C@]5(C)[C@H]4CC(=O)[C@]3(C)[C@H]1[C@@H]2C. The van der Waals surface area contributed by atoms with Gasteiger partial charge in [-0.1, -0.05) is 39.3 Å². The largest absolute Gasteiger partial charge is 0.349 e. The zero-order valence-corrected chi connectivity index (χ0v) is 19.4. The summed E-state index contributed by atoms with van der Waals surface area (Å²) in [7, 11) is 0. The number of Topliss-reactive ketones (excluding diaryl/α,β-unsaturated/α-hetero) is 1. The number of carbonyl (C=O) groups is 2. The van der Waals surface area contributed by atoms with Crippen molar-refractivity contribution in [1.29, 1.82) is 0 Å². The van der Waals surface area contributed by atoms with Crippen molar-refractivity contribution in [2.45, 2.75) is 78.1 Å². The molecule has 0 amide bonds. The van der Waals surface area contributed by atoms with Gasteiger partial charge in [-0.3, -0.25) is 9.59 Å². The topological polar surface area (TPSA) is 52.6 Å². The Bertz CT molecular complexity index is 893. The number of fused-ring (bicyclic) bond motifs is 7. The van der Waals surface area contributed by atoms with Gasteiger partial charge in [0.2, 0.25) is 0 Å². The van der Waals surface area contributed by atoms with E-state index in [9.17, 15) is 9.59 Å². The highest BCUT2D eigenvalue weighted by Gasteiger charge is 2.71. The molecule has 0 aromatic rings. The molecule has 0 aromatic carbocycles. The van der Waals surface area contributed by atoms with Crippen LogP contribution in [0.25, 0.3) is 0 Å². The van der Waals surface area contributed by atoms with Crippen molar-refractivity contribution in [3.05, 3.63) is 23.8 Å². The third kappa shape index (κ3) is 2.50. The van der Waals surface area contributed by atoms with E-state index in [2.05, 4.69) is 33.8 Å². The molecule has 5 fully saturated rings. The number of carbonyl (C=O) groups excluding carboxylic acids is 2. The van der Waals surface area contributed by atoms with E-state index in [1.807, 2.05) is 6.08 Å². The van der Waals surface area contributed by atoms with Gasteiger partial charge in [-0.25, -0.2) is 0 Å². The Labute approximate surface area is 185 Å². The quantitative estimate of drug-likeness (QED) is 0.556. The van der Waals surface area contributed by atoms with Gasteiger partial charge >= 0.3 is 0 Å². The van der Waals surface area contributed by atoms with Crippen molar-refractivity contribution in [3.8, 4) is 0 Å². The lowest BCUT2D eigenvalue weighted by molar-refractivity contribution is -0.272. The van der Waals surface area contributed by atoms with Gasteiger partial charge in [0.25, 0.3) is 0 Å². The van der Waals surface area contributed by atoms with Crippen LogP contribution in [0.15, 0.2) is 23.8 Å². The number of ether oxygens (including phenoxy) is 2. The molecule has 0 radical (unpaired) electrons. The predicted molar refractivity (Wildman–Crippen MR) is 117 cm³/mol. The molecule has 31 heavy (non-hydrogen) atoms. The minimum atomic E-state index is -0.478. The van der Waals surface area contributed by atoms with E-state index >= 15 is 0 Å². The second kappa shape index (κ2) is 6.41. The molecule has 6 aliphatic rings. The van der Waals surface area contributed by atoms with Crippen LogP contribution < -0.4 is 0 Å². The zero-order chi connectivity index (χ0) is 21.8. The third-order valence-corrected chi connectivity index (χ3v) is 10.7. The summed E-state index contributed by atoms with van der Waals surface area (Å²) in [5.41, 5.74) is 0.776. The lowest BCUT2D eigenvalue weighted by atomic mass is 9.47. The average Bonchev–Trinajstić information content (AvgIpc) is 3.18. The van der Waals surface area contributed by atoms with Gasteiger partial charge < -0.3 is 9.47 Å². The minimum Gasteiger partial charge on any atom is -0.349 e. The molecule has 0 bridgehead atoms. The van der Waals surface area contributed by atoms with E-state index in [0.717, 1.165) is 38.7 Å². The maximum atomic E-state index is 13.9. The lowest BCUT2D eigenvalue weighted by Crippen LogP contribution is -2.56. The number of ketones is 2. The summed E-state index contributed by atoms with van der Waals surface area (Å²) in [6, 6.07) is 0. The van der Waals surface area contributed by atoms with Gasteiger partial charge in [-0.2, -0.15) is 0 Å². The van der Waals surface area contributed by atoms with E-state index in [1.54, 1.807) is 6.08 Å². The molecule has 3 saturated carbocycles. The highest BCUT2D eigenvalue weighted by atomic mass is 16.7. The van der Waals surface area contributed by atoms with Gasteiger partial charge in [0.1, 0.15) is 5.78 Å². The Morgan fingerprint density at radius 2 is 1.90 bits per heavy atom. The molecule has 0 unspecified atom stereocenters. The molecule has 2 saturated heterocycles. The van der Waals surface area contributed by atoms with Crippen molar-refractivity contribution in [3.63, 3.8) is 0 Å². The number of hydrogen-bond acceptors (Lipinski definition) is 4. The number of allylic oxidation sites excluding steroid dienone is 4. The van der Waals surface area contributed by atoms with Crippen LogP contribution in [0, 0.1) is 46.3 Å². The summed E-state index contributed by atoms with van der Waals surface area (Å²) in [6.45, 7) is 9.82. The molecular weight excluding hydrogens is 388 g/mol. The Balaban J connectivity index is 1.33. The lowest BCUT2D eigenvalue weighted by Gasteiger charge is -2.56. The zero-order valence-electron chi connectivity index (χ0n) is 19.4. The number of hydrogen-bond donors (Lipinski definition) is 0. The molecule has 4 nitrogen and oxygen atoms in total. The summed E-state index contributed by atoms with van der Waals surface area (Å²) in [4.78, 5) is 25.9. The first-order valence-electron chi connectivity index (χ1n) is 12.5. The maximum absolute atomic E-state index is 13.9. The average molecular weight is 425 g/mol. The molecule has 2 heterocycles. The minimum absolute atomic E-state index is 0.0996. The smallest absolute Gasteiger partial charge is 0.178 e. The van der Waals surface area contributed by atoms with Crippen LogP contribution >= 0.6 is 0 Å². The van der Waals surface area contributed by atoms with Gasteiger partial charge in [-0.15, -0.1) is 0 Å². The highest BCUT2D eigenvalue weighted by molar-refractivity contribution is 6.01. The van der Waals surface area contributed by atoms with Crippen LogP contribution in [0.1, 0.15) is 66.2 Å². The van der Waals surface area contributed by atoms with Crippen LogP contribution in [0.4, 0.5) is 0 Å². The number of rotatable bonds is 0. The molecule has 10 atom stereocenters. The van der Waals surface area contributed by atoms with E-state index in [0.29, 0.717) is 35.9 Å². The van der Waals surface area contributed by atoms with Crippen LogP contribution in [-0.2, 0) is 19.1 Å². The van der Waals surface area contributed by atoms with Crippen molar-refractivity contribution in [1.82, 2.24) is 0 Å². The Morgan fingerprint density at radius 3 is 2.65 bits per heavy atom. The Morgan fingerprint density at radius 1 is 1.10 bits per heavy atom. The van der Waals surface area contributed by atoms with Gasteiger partial charge in [0, 0.05) is 35.5 Å². The molecular formula is C27H36O4.